The van der Waals surface area contributed by atoms with Gasteiger partial charge in [0.15, 0.2) is 6.61 Å². The Morgan fingerprint density at radius 2 is 1.90 bits per heavy atom. The van der Waals surface area contributed by atoms with E-state index < -0.39 is 23.4 Å². The van der Waals surface area contributed by atoms with Gasteiger partial charge in [0.25, 0.3) is 11.6 Å². The summed E-state index contributed by atoms with van der Waals surface area (Å²) in [4.78, 5) is 35.9. The van der Waals surface area contributed by atoms with Crippen LogP contribution in [-0.2, 0) is 9.53 Å². The molecule has 3 rings (SSSR count). The molecule has 1 atom stereocenters. The minimum Gasteiger partial charge on any atom is -0.452 e. The third-order valence-electron chi connectivity index (χ3n) is 4.23. The molecule has 0 aliphatic rings. The predicted octanol–water partition coefficient (Wildman–Crippen LogP) is 4.03. The second-order valence-corrected chi connectivity index (χ2v) is 7.24. The Labute approximate surface area is 171 Å². The van der Waals surface area contributed by atoms with Gasteiger partial charge in [0.05, 0.1) is 16.5 Å². The average Bonchev–Trinajstić information content (AvgIpc) is 3.25. The fourth-order valence-electron chi connectivity index (χ4n) is 2.82. The maximum atomic E-state index is 12.4. The van der Waals surface area contributed by atoms with Crippen LogP contribution in [0, 0.1) is 17.0 Å². The number of hydrogen-bond donors (Lipinski definition) is 1. The van der Waals surface area contributed by atoms with Crippen LogP contribution in [0.2, 0.25) is 0 Å². The zero-order valence-electron chi connectivity index (χ0n) is 15.5. The summed E-state index contributed by atoms with van der Waals surface area (Å²) in [6.45, 7) is 1.08. The zero-order valence-corrected chi connectivity index (χ0v) is 16.3. The minimum atomic E-state index is -0.717. The SMILES string of the molecule is Cc1cc(C(=O)OCC(=O)N[C@@H](c2ccccc2)c2cccs2)ccc1[N+](=O)[O-]. The van der Waals surface area contributed by atoms with Crippen LogP contribution >= 0.6 is 11.3 Å². The number of nitro groups is 1. The second kappa shape index (κ2) is 9.11. The van der Waals surface area contributed by atoms with Crippen LogP contribution < -0.4 is 5.32 Å². The molecule has 0 spiro atoms. The summed E-state index contributed by atoms with van der Waals surface area (Å²) in [5.41, 5.74) is 1.33. The van der Waals surface area contributed by atoms with Crippen molar-refractivity contribution < 1.29 is 19.2 Å². The Morgan fingerprint density at radius 1 is 1.14 bits per heavy atom. The number of nitrogens with one attached hydrogen (secondary N) is 1. The Morgan fingerprint density at radius 3 is 2.52 bits per heavy atom. The highest BCUT2D eigenvalue weighted by Crippen LogP contribution is 2.26. The summed E-state index contributed by atoms with van der Waals surface area (Å²) in [7, 11) is 0. The van der Waals surface area contributed by atoms with Gasteiger partial charge in [-0.2, -0.15) is 0 Å². The van der Waals surface area contributed by atoms with E-state index in [-0.39, 0.29) is 17.3 Å². The summed E-state index contributed by atoms with van der Waals surface area (Å²) < 4.78 is 5.08. The van der Waals surface area contributed by atoms with Crippen LogP contribution in [0.25, 0.3) is 0 Å². The Balaban J connectivity index is 1.64. The molecule has 3 aromatic rings. The first kappa shape index (κ1) is 20.2. The van der Waals surface area contributed by atoms with Crippen molar-refractivity contribution in [3.8, 4) is 0 Å². The molecule has 0 saturated heterocycles. The highest BCUT2D eigenvalue weighted by Gasteiger charge is 2.20. The van der Waals surface area contributed by atoms with Crippen LogP contribution in [0.15, 0.2) is 66.0 Å². The van der Waals surface area contributed by atoms with Crippen molar-refractivity contribution in [1.82, 2.24) is 5.32 Å². The number of rotatable bonds is 7. The number of nitrogens with zero attached hydrogens (tertiary/aromatic N) is 1. The molecule has 1 N–H and O–H groups in total. The van der Waals surface area contributed by atoms with Crippen molar-refractivity contribution in [3.63, 3.8) is 0 Å². The topological polar surface area (TPSA) is 98.5 Å². The lowest BCUT2D eigenvalue weighted by atomic mass is 10.1. The third-order valence-corrected chi connectivity index (χ3v) is 5.17. The van der Waals surface area contributed by atoms with E-state index in [1.807, 2.05) is 47.8 Å². The summed E-state index contributed by atoms with van der Waals surface area (Å²) in [6.07, 6.45) is 0. The van der Waals surface area contributed by atoms with Crippen molar-refractivity contribution in [3.05, 3.63) is 97.7 Å². The fourth-order valence-corrected chi connectivity index (χ4v) is 3.63. The lowest BCUT2D eigenvalue weighted by Crippen LogP contribution is -2.32. The molecule has 0 bridgehead atoms. The molecule has 0 fully saturated rings. The molecule has 1 aromatic heterocycles. The van der Waals surface area contributed by atoms with Crippen molar-refractivity contribution >= 4 is 28.9 Å². The molecule has 0 unspecified atom stereocenters. The lowest BCUT2D eigenvalue weighted by Gasteiger charge is -2.18. The average molecular weight is 410 g/mol. The maximum absolute atomic E-state index is 12.4. The number of amides is 1. The number of nitro benzene ring substituents is 1. The number of esters is 1. The lowest BCUT2D eigenvalue weighted by molar-refractivity contribution is -0.385. The highest BCUT2D eigenvalue weighted by atomic mass is 32.1. The largest absolute Gasteiger partial charge is 0.452 e. The minimum absolute atomic E-state index is 0.0825. The van der Waals surface area contributed by atoms with Gasteiger partial charge in [-0.1, -0.05) is 36.4 Å². The van der Waals surface area contributed by atoms with Gasteiger partial charge in [-0.3, -0.25) is 14.9 Å². The smallest absolute Gasteiger partial charge is 0.338 e. The number of hydrogen-bond acceptors (Lipinski definition) is 6. The van der Waals surface area contributed by atoms with Crippen LogP contribution in [-0.4, -0.2) is 23.4 Å². The quantitative estimate of drug-likeness (QED) is 0.360. The van der Waals surface area contributed by atoms with Crippen molar-refractivity contribution in [2.45, 2.75) is 13.0 Å². The van der Waals surface area contributed by atoms with Crippen molar-refractivity contribution in [2.75, 3.05) is 6.61 Å². The molecule has 148 valence electrons. The monoisotopic (exact) mass is 410 g/mol. The fraction of sp³-hybridized carbons (Fsp3) is 0.143. The number of aryl methyl sites for hydroxylation is 1. The molecule has 1 amide bonds. The van der Waals surface area contributed by atoms with Gasteiger partial charge in [0.2, 0.25) is 0 Å². The molecule has 1 heterocycles. The van der Waals surface area contributed by atoms with E-state index in [1.165, 1.54) is 36.5 Å². The summed E-state index contributed by atoms with van der Waals surface area (Å²) >= 11 is 1.52. The molecular weight excluding hydrogens is 392 g/mol. The zero-order chi connectivity index (χ0) is 20.8. The number of benzene rings is 2. The maximum Gasteiger partial charge on any atom is 0.338 e. The first-order chi connectivity index (χ1) is 14.0. The number of carbonyl (C=O) groups excluding carboxylic acids is 2. The molecule has 8 heteroatoms. The molecule has 0 saturated carbocycles. The number of thiophene rings is 1. The van der Waals surface area contributed by atoms with E-state index in [2.05, 4.69) is 5.32 Å². The summed E-state index contributed by atoms with van der Waals surface area (Å²) in [5.74, 6) is -1.16. The molecule has 2 aromatic carbocycles. The van der Waals surface area contributed by atoms with Crippen LogP contribution in [0.1, 0.15) is 32.4 Å². The molecule has 29 heavy (non-hydrogen) atoms. The van der Waals surface area contributed by atoms with E-state index in [4.69, 9.17) is 4.74 Å². The summed E-state index contributed by atoms with van der Waals surface area (Å²) in [5, 5.41) is 15.7. The van der Waals surface area contributed by atoms with Gasteiger partial charge in [-0.15, -0.1) is 11.3 Å². The van der Waals surface area contributed by atoms with Crippen molar-refractivity contribution in [2.24, 2.45) is 0 Å². The van der Waals surface area contributed by atoms with E-state index in [0.29, 0.717) is 5.56 Å². The first-order valence-corrected chi connectivity index (χ1v) is 9.63. The highest BCUT2D eigenvalue weighted by molar-refractivity contribution is 7.10. The van der Waals surface area contributed by atoms with E-state index in [9.17, 15) is 19.7 Å². The van der Waals surface area contributed by atoms with Crippen LogP contribution in [0.3, 0.4) is 0 Å². The van der Waals surface area contributed by atoms with E-state index in [1.54, 1.807) is 0 Å². The van der Waals surface area contributed by atoms with Gasteiger partial charge in [0, 0.05) is 16.5 Å². The van der Waals surface area contributed by atoms with Crippen molar-refractivity contribution in [1.29, 1.82) is 0 Å². The first-order valence-electron chi connectivity index (χ1n) is 8.75. The molecule has 0 aliphatic carbocycles. The molecular formula is C21H18N2O5S. The van der Waals surface area contributed by atoms with Gasteiger partial charge in [-0.25, -0.2) is 4.79 Å². The van der Waals surface area contributed by atoms with E-state index >= 15 is 0 Å². The number of carbonyl (C=O) groups is 2. The normalized spacial score (nSPS) is 11.5. The predicted molar refractivity (Wildman–Crippen MR) is 109 cm³/mol. The van der Waals surface area contributed by atoms with Gasteiger partial charge in [0.1, 0.15) is 0 Å². The summed E-state index contributed by atoms with van der Waals surface area (Å²) in [6, 6.07) is 16.9. The van der Waals surface area contributed by atoms with Crippen LogP contribution in [0.5, 0.6) is 0 Å². The molecule has 7 nitrogen and oxygen atoms in total. The van der Waals surface area contributed by atoms with Gasteiger partial charge < -0.3 is 10.1 Å². The molecule has 0 radical (unpaired) electrons. The van der Waals surface area contributed by atoms with Gasteiger partial charge >= 0.3 is 5.97 Å². The van der Waals surface area contributed by atoms with E-state index in [0.717, 1.165) is 10.4 Å². The molecule has 0 aliphatic heterocycles. The third kappa shape index (κ3) is 5.05. The standard InChI is InChI=1S/C21H18N2O5S/c1-14-12-16(9-10-17(14)23(26)27)21(25)28-13-19(24)22-20(18-8-5-11-29-18)15-6-3-2-4-7-15/h2-12,20H,13H2,1H3,(H,22,24)/t20-/m0/s1. The second-order valence-electron chi connectivity index (χ2n) is 6.26. The van der Waals surface area contributed by atoms with Gasteiger partial charge in [-0.05, 0) is 36.1 Å². The number of ether oxygens (including phenoxy) is 1. The Kier molecular flexibility index (Phi) is 6.36. The Hall–Kier alpha value is -3.52. The Bertz CT molecular complexity index is 1020. The van der Waals surface area contributed by atoms with Crippen LogP contribution in [0.4, 0.5) is 5.69 Å².